The van der Waals surface area contributed by atoms with Crippen molar-refractivity contribution in [2.45, 2.75) is 51.3 Å². The number of piperazine rings is 1. The van der Waals surface area contributed by atoms with Crippen molar-refractivity contribution in [1.82, 2.24) is 25.1 Å². The average molecular weight is 388 g/mol. The number of hydrogen-bond donors (Lipinski definition) is 0. The highest BCUT2D eigenvalue weighted by molar-refractivity contribution is 5.46. The van der Waals surface area contributed by atoms with Crippen LogP contribution in [0.2, 0.25) is 0 Å². The molecule has 0 N–H and O–H groups in total. The summed E-state index contributed by atoms with van der Waals surface area (Å²) in [5.74, 6) is 0.760. The van der Waals surface area contributed by atoms with Gasteiger partial charge in [-0.15, -0.1) is 5.10 Å². The quantitative estimate of drug-likeness (QED) is 0.727. The Morgan fingerprint density at radius 1 is 1.18 bits per heavy atom. The van der Waals surface area contributed by atoms with Gasteiger partial charge >= 0.3 is 0 Å². The van der Waals surface area contributed by atoms with Gasteiger partial charge in [-0.2, -0.15) is 0 Å². The number of rotatable bonds is 7. The first-order chi connectivity index (χ1) is 13.7. The molecule has 2 aromatic rings. The molecule has 1 aromatic heterocycles. The van der Waals surface area contributed by atoms with E-state index in [0.29, 0.717) is 0 Å². The summed E-state index contributed by atoms with van der Waals surface area (Å²) in [6, 6.07) is 6.99. The van der Waals surface area contributed by atoms with Crippen LogP contribution in [0.5, 0.6) is 0 Å². The van der Waals surface area contributed by atoms with Crippen molar-refractivity contribution in [3.63, 3.8) is 0 Å². The number of ether oxygens (including phenoxy) is 1. The molecule has 7 nitrogen and oxygen atoms in total. The van der Waals surface area contributed by atoms with Crippen LogP contribution >= 0.6 is 0 Å². The van der Waals surface area contributed by atoms with E-state index in [9.17, 15) is 4.39 Å². The second kappa shape index (κ2) is 8.96. The molecular weight excluding hydrogens is 359 g/mol. The average Bonchev–Trinajstić information content (AvgIpc) is 3.40. The molecule has 0 spiro atoms. The van der Waals surface area contributed by atoms with Crippen molar-refractivity contribution < 1.29 is 9.13 Å². The van der Waals surface area contributed by atoms with Crippen LogP contribution in [-0.2, 0) is 11.3 Å². The lowest BCUT2D eigenvalue weighted by molar-refractivity contribution is 0.0891. The minimum absolute atomic E-state index is 0.191. The van der Waals surface area contributed by atoms with Gasteiger partial charge in [0, 0.05) is 38.5 Å². The van der Waals surface area contributed by atoms with E-state index in [1.54, 1.807) is 0 Å². The molecule has 2 fully saturated rings. The van der Waals surface area contributed by atoms with Crippen LogP contribution in [0, 0.1) is 5.82 Å². The van der Waals surface area contributed by atoms with E-state index in [-0.39, 0.29) is 18.0 Å². The minimum Gasteiger partial charge on any atom is -0.376 e. The highest BCUT2D eigenvalue weighted by Crippen LogP contribution is 2.27. The first kappa shape index (κ1) is 19.3. The van der Waals surface area contributed by atoms with Crippen LogP contribution in [0.3, 0.4) is 0 Å². The summed E-state index contributed by atoms with van der Waals surface area (Å²) in [7, 11) is 0. The van der Waals surface area contributed by atoms with Crippen LogP contribution in [-0.4, -0.2) is 64.0 Å². The third-order valence-electron chi connectivity index (χ3n) is 5.77. The molecule has 3 heterocycles. The summed E-state index contributed by atoms with van der Waals surface area (Å²) in [4.78, 5) is 4.80. The van der Waals surface area contributed by atoms with Crippen molar-refractivity contribution in [2.75, 3.05) is 37.7 Å². The molecule has 2 atom stereocenters. The number of aromatic nitrogens is 4. The van der Waals surface area contributed by atoms with Gasteiger partial charge in [-0.25, -0.2) is 9.07 Å². The summed E-state index contributed by atoms with van der Waals surface area (Å²) < 4.78 is 20.9. The number of tetrazole rings is 1. The molecule has 2 aliphatic heterocycles. The van der Waals surface area contributed by atoms with Crippen LogP contribution in [0.25, 0.3) is 0 Å². The Kier molecular flexibility index (Phi) is 6.17. The zero-order chi connectivity index (χ0) is 19.3. The van der Waals surface area contributed by atoms with E-state index in [1.807, 2.05) is 16.8 Å². The number of hydrogen-bond acceptors (Lipinski definition) is 6. The van der Waals surface area contributed by atoms with E-state index in [0.717, 1.165) is 76.5 Å². The summed E-state index contributed by atoms with van der Waals surface area (Å²) in [5, 5.41) is 12.6. The second-order valence-electron chi connectivity index (χ2n) is 7.66. The van der Waals surface area contributed by atoms with E-state index in [1.165, 1.54) is 12.1 Å². The molecule has 0 aliphatic carbocycles. The Labute approximate surface area is 165 Å². The fourth-order valence-corrected chi connectivity index (χ4v) is 4.25. The highest BCUT2D eigenvalue weighted by Gasteiger charge is 2.29. The minimum atomic E-state index is -0.191. The molecule has 2 saturated heterocycles. The first-order valence-electron chi connectivity index (χ1n) is 10.4. The van der Waals surface area contributed by atoms with Gasteiger partial charge in [0.05, 0.1) is 18.7 Å². The predicted molar refractivity (Wildman–Crippen MR) is 105 cm³/mol. The van der Waals surface area contributed by atoms with Gasteiger partial charge in [-0.05, 0) is 54.0 Å². The molecular formula is C20H29FN6O. The van der Waals surface area contributed by atoms with Crippen LogP contribution in [0.1, 0.15) is 44.5 Å². The van der Waals surface area contributed by atoms with Crippen molar-refractivity contribution in [1.29, 1.82) is 0 Å². The Balaban J connectivity index is 1.43. The zero-order valence-corrected chi connectivity index (χ0v) is 16.5. The molecule has 1 aromatic carbocycles. The lowest BCUT2D eigenvalue weighted by Crippen LogP contribution is -2.48. The highest BCUT2D eigenvalue weighted by atomic mass is 19.1. The van der Waals surface area contributed by atoms with Gasteiger partial charge in [-0.1, -0.05) is 13.3 Å². The molecule has 0 bridgehead atoms. The monoisotopic (exact) mass is 388 g/mol. The Morgan fingerprint density at radius 3 is 2.64 bits per heavy atom. The maximum atomic E-state index is 13.2. The first-order valence-corrected chi connectivity index (χ1v) is 10.4. The van der Waals surface area contributed by atoms with Gasteiger partial charge in [0.15, 0.2) is 5.82 Å². The molecule has 0 amide bonds. The van der Waals surface area contributed by atoms with Gasteiger partial charge in [-0.3, -0.25) is 4.90 Å². The number of benzene rings is 1. The smallest absolute Gasteiger partial charge is 0.168 e. The SMILES string of the molecule is CCC[C@H](c1nnnn1C[C@H]1CCCO1)N1CCN(c2ccc(F)cc2)CC1. The van der Waals surface area contributed by atoms with E-state index in [2.05, 4.69) is 32.2 Å². The largest absolute Gasteiger partial charge is 0.376 e. The summed E-state index contributed by atoms with van der Waals surface area (Å²) >= 11 is 0. The van der Waals surface area contributed by atoms with E-state index >= 15 is 0 Å². The second-order valence-corrected chi connectivity index (χ2v) is 7.66. The van der Waals surface area contributed by atoms with Gasteiger partial charge < -0.3 is 9.64 Å². The van der Waals surface area contributed by atoms with E-state index < -0.39 is 0 Å². The summed E-state index contributed by atoms with van der Waals surface area (Å²) in [6.45, 7) is 7.49. The lowest BCUT2D eigenvalue weighted by Gasteiger charge is -2.39. The molecule has 8 heteroatoms. The molecule has 152 valence electrons. The Bertz CT molecular complexity index is 737. The van der Waals surface area contributed by atoms with Gasteiger partial charge in [0.1, 0.15) is 5.82 Å². The van der Waals surface area contributed by atoms with Crippen molar-refractivity contribution >= 4 is 5.69 Å². The van der Waals surface area contributed by atoms with Gasteiger partial charge in [0.25, 0.3) is 0 Å². The lowest BCUT2D eigenvalue weighted by atomic mass is 10.1. The Morgan fingerprint density at radius 2 is 1.96 bits per heavy atom. The van der Waals surface area contributed by atoms with Crippen molar-refractivity contribution in [3.05, 3.63) is 35.9 Å². The third kappa shape index (κ3) is 4.33. The van der Waals surface area contributed by atoms with Crippen LogP contribution in [0.15, 0.2) is 24.3 Å². The molecule has 0 radical (unpaired) electrons. The molecule has 0 saturated carbocycles. The number of halogens is 1. The van der Waals surface area contributed by atoms with Crippen molar-refractivity contribution in [2.24, 2.45) is 0 Å². The topological polar surface area (TPSA) is 59.3 Å². The standard InChI is InChI=1S/C20H29FN6O/c1-2-4-19(20-22-23-24-27(20)15-18-5-3-14-28-18)26-12-10-25(11-13-26)17-8-6-16(21)7-9-17/h6-9,18-19H,2-5,10-15H2,1H3/t18-,19-/m1/s1. The fraction of sp³-hybridized carbons (Fsp3) is 0.650. The van der Waals surface area contributed by atoms with Gasteiger partial charge in [0.2, 0.25) is 0 Å². The Hall–Kier alpha value is -2.06. The van der Waals surface area contributed by atoms with Crippen LogP contribution < -0.4 is 4.90 Å². The molecule has 0 unspecified atom stereocenters. The van der Waals surface area contributed by atoms with Crippen molar-refractivity contribution in [3.8, 4) is 0 Å². The molecule has 2 aliphatic rings. The van der Waals surface area contributed by atoms with E-state index in [4.69, 9.17) is 4.74 Å². The molecule has 4 rings (SSSR count). The third-order valence-corrected chi connectivity index (χ3v) is 5.77. The normalized spacial score (nSPS) is 21.9. The molecule has 28 heavy (non-hydrogen) atoms. The summed E-state index contributed by atoms with van der Waals surface area (Å²) in [6.07, 6.45) is 4.53. The number of nitrogens with zero attached hydrogens (tertiary/aromatic N) is 6. The predicted octanol–water partition coefficient (Wildman–Crippen LogP) is 2.65. The summed E-state index contributed by atoms with van der Waals surface area (Å²) in [5.41, 5.74) is 1.08. The van der Waals surface area contributed by atoms with Crippen LogP contribution in [0.4, 0.5) is 10.1 Å². The maximum absolute atomic E-state index is 13.2. The number of anilines is 1. The maximum Gasteiger partial charge on any atom is 0.168 e. The fourth-order valence-electron chi connectivity index (χ4n) is 4.25. The zero-order valence-electron chi connectivity index (χ0n) is 16.5.